The molecule has 138 valence electrons. The summed E-state index contributed by atoms with van der Waals surface area (Å²) in [6.07, 6.45) is 0.145. The molecule has 2 heterocycles. The van der Waals surface area contributed by atoms with Crippen LogP contribution in [0, 0.1) is 12.8 Å². The average Bonchev–Trinajstić information content (AvgIpc) is 3.21. The van der Waals surface area contributed by atoms with Crippen molar-refractivity contribution in [3.8, 4) is 5.75 Å². The zero-order chi connectivity index (χ0) is 18.7. The second kappa shape index (κ2) is 7.79. The number of aryl methyl sites for hydroxylation is 1. The SMILES string of the molecule is COCc1nnc(NC(=O)C2CC(=O)N(c3cc(C)ccc3OC)C2)s1. The molecule has 2 aromatic rings. The lowest BCUT2D eigenvalue weighted by Gasteiger charge is -2.20. The van der Waals surface area contributed by atoms with Crippen LogP contribution in [0.2, 0.25) is 0 Å². The number of amides is 2. The summed E-state index contributed by atoms with van der Waals surface area (Å²) < 4.78 is 10.3. The molecule has 9 heteroatoms. The van der Waals surface area contributed by atoms with Crippen molar-refractivity contribution >= 4 is 34.0 Å². The molecule has 1 saturated heterocycles. The highest BCUT2D eigenvalue weighted by Gasteiger charge is 2.36. The number of nitrogens with zero attached hydrogens (tertiary/aromatic N) is 3. The summed E-state index contributed by atoms with van der Waals surface area (Å²) >= 11 is 1.25. The van der Waals surface area contributed by atoms with Gasteiger partial charge < -0.3 is 19.7 Å². The first kappa shape index (κ1) is 18.3. The normalized spacial score (nSPS) is 16.8. The van der Waals surface area contributed by atoms with Crippen LogP contribution in [0.1, 0.15) is 17.0 Å². The lowest BCUT2D eigenvalue weighted by molar-refractivity contribution is -0.122. The van der Waals surface area contributed by atoms with Gasteiger partial charge in [-0.15, -0.1) is 10.2 Å². The maximum Gasteiger partial charge on any atom is 0.231 e. The zero-order valence-electron chi connectivity index (χ0n) is 14.8. The van der Waals surface area contributed by atoms with Gasteiger partial charge in [-0.1, -0.05) is 17.4 Å². The standard InChI is InChI=1S/C17H20N4O4S/c1-10-4-5-13(25-3)12(6-10)21-8-11(7-15(21)22)16(23)18-17-20-19-14(26-17)9-24-2/h4-6,11H,7-9H2,1-3H3,(H,18,20,23). The second-order valence-electron chi connectivity index (χ2n) is 6.00. The first-order valence-electron chi connectivity index (χ1n) is 8.09. The zero-order valence-corrected chi connectivity index (χ0v) is 15.6. The van der Waals surface area contributed by atoms with E-state index in [4.69, 9.17) is 9.47 Å². The molecular weight excluding hydrogens is 356 g/mol. The topological polar surface area (TPSA) is 93.7 Å². The highest BCUT2D eigenvalue weighted by molar-refractivity contribution is 7.15. The van der Waals surface area contributed by atoms with Crippen LogP contribution in [0.5, 0.6) is 5.75 Å². The molecule has 26 heavy (non-hydrogen) atoms. The summed E-state index contributed by atoms with van der Waals surface area (Å²) in [7, 11) is 3.13. The maximum atomic E-state index is 12.5. The number of carbonyl (C=O) groups excluding carboxylic acids is 2. The number of ether oxygens (including phenoxy) is 2. The number of nitrogens with one attached hydrogen (secondary N) is 1. The second-order valence-corrected chi connectivity index (χ2v) is 7.07. The van der Waals surface area contributed by atoms with Crippen LogP contribution in [-0.2, 0) is 20.9 Å². The van der Waals surface area contributed by atoms with Gasteiger partial charge in [0.15, 0.2) is 0 Å². The Morgan fingerprint density at radius 2 is 2.19 bits per heavy atom. The molecule has 0 radical (unpaired) electrons. The minimum Gasteiger partial charge on any atom is -0.495 e. The number of rotatable bonds is 6. The van der Waals surface area contributed by atoms with Crippen molar-refractivity contribution in [3.63, 3.8) is 0 Å². The van der Waals surface area contributed by atoms with Crippen LogP contribution in [-0.4, -0.2) is 42.8 Å². The van der Waals surface area contributed by atoms with Gasteiger partial charge in [0.1, 0.15) is 17.4 Å². The van der Waals surface area contributed by atoms with Gasteiger partial charge in [-0.3, -0.25) is 9.59 Å². The van der Waals surface area contributed by atoms with Crippen molar-refractivity contribution in [2.75, 3.05) is 31.0 Å². The third-order valence-corrected chi connectivity index (χ3v) is 4.90. The van der Waals surface area contributed by atoms with Gasteiger partial charge in [-0.05, 0) is 24.6 Å². The Kier molecular flexibility index (Phi) is 5.48. The van der Waals surface area contributed by atoms with E-state index in [1.54, 1.807) is 19.1 Å². The highest BCUT2D eigenvalue weighted by Crippen LogP contribution is 2.34. The van der Waals surface area contributed by atoms with Gasteiger partial charge in [-0.25, -0.2) is 0 Å². The van der Waals surface area contributed by atoms with E-state index >= 15 is 0 Å². The number of aromatic nitrogens is 2. The molecule has 0 spiro atoms. The summed E-state index contributed by atoms with van der Waals surface area (Å²) in [4.78, 5) is 26.6. The van der Waals surface area contributed by atoms with Crippen molar-refractivity contribution in [2.24, 2.45) is 5.92 Å². The van der Waals surface area contributed by atoms with Crippen LogP contribution >= 0.6 is 11.3 Å². The molecular formula is C17H20N4O4S. The third-order valence-electron chi connectivity index (χ3n) is 4.09. The average molecular weight is 376 g/mol. The van der Waals surface area contributed by atoms with Gasteiger partial charge in [0, 0.05) is 20.1 Å². The smallest absolute Gasteiger partial charge is 0.231 e. The molecule has 1 aromatic heterocycles. The Morgan fingerprint density at radius 3 is 2.92 bits per heavy atom. The van der Waals surface area contributed by atoms with E-state index in [-0.39, 0.29) is 18.2 Å². The molecule has 2 amide bonds. The summed E-state index contributed by atoms with van der Waals surface area (Å²) in [5.41, 5.74) is 1.70. The third kappa shape index (κ3) is 3.83. The molecule has 0 aliphatic carbocycles. The molecule has 0 saturated carbocycles. The fourth-order valence-electron chi connectivity index (χ4n) is 2.82. The lowest BCUT2D eigenvalue weighted by atomic mass is 10.1. The minimum atomic E-state index is -0.456. The summed E-state index contributed by atoms with van der Waals surface area (Å²) in [6.45, 7) is 2.59. The molecule has 3 rings (SSSR count). The van der Waals surface area contributed by atoms with E-state index in [2.05, 4.69) is 15.5 Å². The molecule has 0 bridgehead atoms. The predicted molar refractivity (Wildman–Crippen MR) is 97.4 cm³/mol. The summed E-state index contributed by atoms with van der Waals surface area (Å²) in [5.74, 6) is -0.195. The van der Waals surface area contributed by atoms with Crippen molar-refractivity contribution in [1.29, 1.82) is 0 Å². The predicted octanol–water partition coefficient (Wildman–Crippen LogP) is 1.99. The molecule has 1 aliphatic heterocycles. The lowest BCUT2D eigenvalue weighted by Crippen LogP contribution is -2.28. The molecule has 1 aromatic carbocycles. The molecule has 1 atom stereocenters. The largest absolute Gasteiger partial charge is 0.495 e. The van der Waals surface area contributed by atoms with Crippen molar-refractivity contribution in [2.45, 2.75) is 20.0 Å². The van der Waals surface area contributed by atoms with E-state index < -0.39 is 5.92 Å². The Balaban J connectivity index is 1.71. The molecule has 1 unspecified atom stereocenters. The van der Waals surface area contributed by atoms with Gasteiger partial charge in [0.25, 0.3) is 0 Å². The fourth-order valence-corrected chi connectivity index (χ4v) is 3.54. The van der Waals surface area contributed by atoms with Crippen molar-refractivity contribution in [1.82, 2.24) is 10.2 Å². The Labute approximate surface area is 155 Å². The Morgan fingerprint density at radius 1 is 1.38 bits per heavy atom. The summed E-state index contributed by atoms with van der Waals surface area (Å²) in [5, 5.41) is 11.7. The number of hydrogen-bond acceptors (Lipinski definition) is 7. The van der Waals surface area contributed by atoms with E-state index in [1.165, 1.54) is 11.3 Å². The van der Waals surface area contributed by atoms with Gasteiger partial charge >= 0.3 is 0 Å². The van der Waals surface area contributed by atoms with Gasteiger partial charge in [-0.2, -0.15) is 0 Å². The van der Waals surface area contributed by atoms with E-state index in [1.807, 2.05) is 25.1 Å². The first-order chi connectivity index (χ1) is 12.5. The van der Waals surface area contributed by atoms with Gasteiger partial charge in [0.05, 0.1) is 18.7 Å². The van der Waals surface area contributed by atoms with Crippen molar-refractivity contribution < 1.29 is 19.1 Å². The maximum absolute atomic E-state index is 12.5. The molecule has 1 aliphatic rings. The monoisotopic (exact) mass is 376 g/mol. The summed E-state index contributed by atoms with van der Waals surface area (Å²) in [6, 6.07) is 5.63. The van der Waals surface area contributed by atoms with Gasteiger partial charge in [0.2, 0.25) is 16.9 Å². The number of anilines is 2. The quantitative estimate of drug-likeness (QED) is 0.829. The number of methoxy groups -OCH3 is 2. The van der Waals surface area contributed by atoms with Crippen LogP contribution in [0.4, 0.5) is 10.8 Å². The van der Waals surface area contributed by atoms with E-state index in [0.29, 0.717) is 34.7 Å². The van der Waals surface area contributed by atoms with E-state index in [0.717, 1.165) is 5.56 Å². The Hall–Kier alpha value is -2.52. The van der Waals surface area contributed by atoms with E-state index in [9.17, 15) is 9.59 Å². The van der Waals surface area contributed by atoms with Crippen LogP contribution in [0.25, 0.3) is 0 Å². The number of benzene rings is 1. The highest BCUT2D eigenvalue weighted by atomic mass is 32.1. The van der Waals surface area contributed by atoms with Crippen molar-refractivity contribution in [3.05, 3.63) is 28.8 Å². The molecule has 1 fully saturated rings. The molecule has 8 nitrogen and oxygen atoms in total. The van der Waals surface area contributed by atoms with Crippen LogP contribution < -0.4 is 15.0 Å². The molecule has 1 N–H and O–H groups in total. The minimum absolute atomic E-state index is 0.105. The Bertz CT molecular complexity index is 823. The van der Waals surface area contributed by atoms with Crippen LogP contribution in [0.15, 0.2) is 18.2 Å². The number of hydrogen-bond donors (Lipinski definition) is 1. The van der Waals surface area contributed by atoms with Crippen LogP contribution in [0.3, 0.4) is 0 Å². The number of carbonyl (C=O) groups is 2. The fraction of sp³-hybridized carbons (Fsp3) is 0.412. The first-order valence-corrected chi connectivity index (χ1v) is 8.90.